The summed E-state index contributed by atoms with van der Waals surface area (Å²) in [4.78, 5) is 17.3. The van der Waals surface area contributed by atoms with Crippen molar-refractivity contribution in [2.24, 2.45) is 0 Å². The van der Waals surface area contributed by atoms with Gasteiger partial charge in [0.15, 0.2) is 11.5 Å². The zero-order valence-corrected chi connectivity index (χ0v) is 14.4. The molecule has 1 atom stereocenters. The van der Waals surface area contributed by atoms with Gasteiger partial charge in [0.05, 0.1) is 16.8 Å². The van der Waals surface area contributed by atoms with Gasteiger partial charge in [-0.05, 0) is 29.8 Å². The molecule has 130 valence electrons. The fraction of sp³-hybridized carbons (Fsp3) is 0.100. The SMILES string of the molecule is O=C(NC(c1ccccc1)c1ccccn1)c1cc(Cl)c2c(c1)OCO2. The molecule has 0 spiro atoms. The van der Waals surface area contributed by atoms with E-state index in [0.717, 1.165) is 11.3 Å². The van der Waals surface area contributed by atoms with Crippen LogP contribution in [0.2, 0.25) is 5.02 Å². The molecule has 1 N–H and O–H groups in total. The third-order valence-electron chi connectivity index (χ3n) is 4.08. The Labute approximate surface area is 155 Å². The van der Waals surface area contributed by atoms with Crippen molar-refractivity contribution in [3.05, 3.63) is 88.7 Å². The normalized spacial score (nSPS) is 13.3. The number of ether oxygens (including phenoxy) is 2. The Morgan fingerprint density at radius 1 is 1.08 bits per heavy atom. The summed E-state index contributed by atoms with van der Waals surface area (Å²) in [6, 6.07) is 18.1. The molecule has 1 unspecified atom stereocenters. The number of amides is 1. The number of carbonyl (C=O) groups is 1. The van der Waals surface area contributed by atoms with E-state index in [4.69, 9.17) is 21.1 Å². The molecule has 1 aliphatic heterocycles. The summed E-state index contributed by atoms with van der Waals surface area (Å²) in [6.07, 6.45) is 1.70. The minimum Gasteiger partial charge on any atom is -0.454 e. The van der Waals surface area contributed by atoms with Crippen LogP contribution in [-0.2, 0) is 0 Å². The lowest BCUT2D eigenvalue weighted by molar-refractivity contribution is 0.0942. The van der Waals surface area contributed by atoms with Crippen LogP contribution in [0.15, 0.2) is 66.9 Å². The van der Waals surface area contributed by atoms with Crippen LogP contribution in [0.3, 0.4) is 0 Å². The molecule has 5 nitrogen and oxygen atoms in total. The van der Waals surface area contributed by atoms with Crippen molar-refractivity contribution in [2.45, 2.75) is 6.04 Å². The minimum absolute atomic E-state index is 0.0979. The lowest BCUT2D eigenvalue weighted by atomic mass is 10.0. The lowest BCUT2D eigenvalue weighted by Crippen LogP contribution is -2.29. The van der Waals surface area contributed by atoms with E-state index in [1.165, 1.54) is 0 Å². The fourth-order valence-corrected chi connectivity index (χ4v) is 3.10. The number of rotatable bonds is 4. The number of carbonyl (C=O) groups excluding carboxylic acids is 1. The Bertz CT molecular complexity index is 893. The van der Waals surface area contributed by atoms with Gasteiger partial charge in [-0.1, -0.05) is 48.0 Å². The largest absolute Gasteiger partial charge is 0.454 e. The number of fused-ring (bicyclic) bond motifs is 1. The van der Waals surface area contributed by atoms with Gasteiger partial charge in [-0.3, -0.25) is 9.78 Å². The van der Waals surface area contributed by atoms with E-state index in [1.807, 2.05) is 48.5 Å². The van der Waals surface area contributed by atoms with E-state index < -0.39 is 0 Å². The van der Waals surface area contributed by atoms with Crippen molar-refractivity contribution >= 4 is 17.5 Å². The maximum atomic E-state index is 12.9. The number of hydrogen-bond donors (Lipinski definition) is 1. The van der Waals surface area contributed by atoms with Gasteiger partial charge in [-0.2, -0.15) is 0 Å². The summed E-state index contributed by atoms with van der Waals surface area (Å²) >= 11 is 6.19. The molecule has 2 heterocycles. The van der Waals surface area contributed by atoms with Crippen LogP contribution in [0.25, 0.3) is 0 Å². The molecular weight excluding hydrogens is 352 g/mol. The first-order chi connectivity index (χ1) is 12.7. The summed E-state index contributed by atoms with van der Waals surface area (Å²) in [6.45, 7) is 0.0979. The highest BCUT2D eigenvalue weighted by atomic mass is 35.5. The van der Waals surface area contributed by atoms with Crippen LogP contribution in [0.5, 0.6) is 11.5 Å². The molecule has 0 saturated carbocycles. The second-order valence-corrected chi connectivity index (χ2v) is 6.17. The highest BCUT2D eigenvalue weighted by molar-refractivity contribution is 6.32. The van der Waals surface area contributed by atoms with Crippen molar-refractivity contribution in [1.82, 2.24) is 10.3 Å². The summed E-state index contributed by atoms with van der Waals surface area (Å²) in [5.41, 5.74) is 2.08. The molecule has 0 fully saturated rings. The van der Waals surface area contributed by atoms with Gasteiger partial charge < -0.3 is 14.8 Å². The van der Waals surface area contributed by atoms with E-state index in [9.17, 15) is 4.79 Å². The Balaban J connectivity index is 1.66. The Morgan fingerprint density at radius 2 is 1.88 bits per heavy atom. The van der Waals surface area contributed by atoms with Gasteiger partial charge in [-0.15, -0.1) is 0 Å². The summed E-state index contributed by atoms with van der Waals surface area (Å²) < 4.78 is 10.6. The topological polar surface area (TPSA) is 60.5 Å². The molecule has 0 radical (unpaired) electrons. The van der Waals surface area contributed by atoms with Crippen molar-refractivity contribution in [1.29, 1.82) is 0 Å². The first kappa shape index (κ1) is 16.4. The van der Waals surface area contributed by atoms with Gasteiger partial charge in [0.25, 0.3) is 5.91 Å². The Kier molecular flexibility index (Phi) is 4.46. The van der Waals surface area contributed by atoms with Crippen molar-refractivity contribution in [3.63, 3.8) is 0 Å². The highest BCUT2D eigenvalue weighted by Gasteiger charge is 2.23. The van der Waals surface area contributed by atoms with Gasteiger partial charge in [0.2, 0.25) is 6.79 Å². The fourth-order valence-electron chi connectivity index (χ4n) is 2.83. The minimum atomic E-state index is -0.380. The van der Waals surface area contributed by atoms with Crippen LogP contribution in [0, 0.1) is 0 Å². The number of nitrogens with zero attached hydrogens (tertiary/aromatic N) is 1. The summed E-state index contributed by atoms with van der Waals surface area (Å²) in [5.74, 6) is 0.661. The average molecular weight is 367 g/mol. The maximum absolute atomic E-state index is 12.9. The van der Waals surface area contributed by atoms with Crippen LogP contribution in [0.4, 0.5) is 0 Å². The first-order valence-corrected chi connectivity index (χ1v) is 8.46. The van der Waals surface area contributed by atoms with Crippen LogP contribution >= 0.6 is 11.6 Å². The van der Waals surface area contributed by atoms with Crippen molar-refractivity contribution < 1.29 is 14.3 Å². The Hall–Kier alpha value is -3.05. The average Bonchev–Trinajstić information content (AvgIpc) is 3.16. The third-order valence-corrected chi connectivity index (χ3v) is 4.36. The standard InChI is InChI=1S/C20H15ClN2O3/c21-15-10-14(11-17-19(15)26-12-25-17)20(24)23-18(13-6-2-1-3-7-13)16-8-4-5-9-22-16/h1-11,18H,12H2,(H,23,24). The second kappa shape index (κ2) is 7.06. The predicted octanol–water partition coefficient (Wildman–Crippen LogP) is 3.98. The molecule has 0 saturated heterocycles. The van der Waals surface area contributed by atoms with E-state index >= 15 is 0 Å². The molecule has 4 rings (SSSR count). The number of nitrogens with one attached hydrogen (secondary N) is 1. The van der Waals surface area contributed by atoms with Crippen molar-refractivity contribution in [3.8, 4) is 11.5 Å². The molecule has 1 aliphatic rings. The van der Waals surface area contributed by atoms with Gasteiger partial charge in [0.1, 0.15) is 0 Å². The molecule has 0 aliphatic carbocycles. The first-order valence-electron chi connectivity index (χ1n) is 8.08. The molecule has 2 aromatic carbocycles. The number of benzene rings is 2. The molecule has 26 heavy (non-hydrogen) atoms. The van der Waals surface area contributed by atoms with Crippen LogP contribution in [0.1, 0.15) is 27.7 Å². The summed E-state index contributed by atoms with van der Waals surface area (Å²) in [5, 5.41) is 3.37. The highest BCUT2D eigenvalue weighted by Crippen LogP contribution is 2.39. The molecule has 0 bridgehead atoms. The van der Waals surface area contributed by atoms with E-state index in [0.29, 0.717) is 22.1 Å². The molecule has 1 amide bonds. The van der Waals surface area contributed by atoms with Crippen molar-refractivity contribution in [2.75, 3.05) is 6.79 Å². The number of hydrogen-bond acceptors (Lipinski definition) is 4. The second-order valence-electron chi connectivity index (χ2n) is 5.76. The number of aromatic nitrogens is 1. The Morgan fingerprint density at radius 3 is 2.65 bits per heavy atom. The zero-order valence-electron chi connectivity index (χ0n) is 13.7. The van der Waals surface area contributed by atoms with Gasteiger partial charge in [-0.25, -0.2) is 0 Å². The number of halogens is 1. The van der Waals surface area contributed by atoms with Crippen LogP contribution in [-0.4, -0.2) is 17.7 Å². The monoisotopic (exact) mass is 366 g/mol. The molecule has 1 aromatic heterocycles. The van der Waals surface area contributed by atoms with E-state index in [2.05, 4.69) is 10.3 Å². The number of pyridine rings is 1. The third kappa shape index (κ3) is 3.21. The molecule has 3 aromatic rings. The smallest absolute Gasteiger partial charge is 0.252 e. The molecule has 6 heteroatoms. The predicted molar refractivity (Wildman–Crippen MR) is 97.6 cm³/mol. The quantitative estimate of drug-likeness (QED) is 0.758. The van der Waals surface area contributed by atoms with Gasteiger partial charge in [0, 0.05) is 11.8 Å². The summed E-state index contributed by atoms with van der Waals surface area (Å²) in [7, 11) is 0. The molecular formula is C20H15ClN2O3. The van der Waals surface area contributed by atoms with Crippen LogP contribution < -0.4 is 14.8 Å². The maximum Gasteiger partial charge on any atom is 0.252 e. The van der Waals surface area contributed by atoms with Gasteiger partial charge >= 0.3 is 0 Å². The van der Waals surface area contributed by atoms with E-state index in [1.54, 1.807) is 18.3 Å². The zero-order chi connectivity index (χ0) is 17.9. The lowest BCUT2D eigenvalue weighted by Gasteiger charge is -2.19. The van der Waals surface area contributed by atoms with E-state index in [-0.39, 0.29) is 18.7 Å².